The quantitative estimate of drug-likeness (QED) is 0.773. The second-order valence-corrected chi connectivity index (χ2v) is 5.00. The van der Waals surface area contributed by atoms with Crippen molar-refractivity contribution in [3.05, 3.63) is 58.9 Å². The largest absolute Gasteiger partial charge is 0.397 e. The molecule has 0 aromatic heterocycles. The van der Waals surface area contributed by atoms with Crippen LogP contribution in [0.15, 0.2) is 47.8 Å². The van der Waals surface area contributed by atoms with Crippen molar-refractivity contribution in [3.8, 4) is 0 Å². The van der Waals surface area contributed by atoms with E-state index in [0.29, 0.717) is 22.9 Å². The molecule has 0 bridgehead atoms. The fourth-order valence-electron chi connectivity index (χ4n) is 1.81. The first-order valence-corrected chi connectivity index (χ1v) is 8.03. The van der Waals surface area contributed by atoms with Crippen LogP contribution in [0.1, 0.15) is 69.8 Å². The number of nitrogens with one attached hydrogen (secondary N) is 1. The lowest BCUT2D eigenvalue weighted by molar-refractivity contribution is 0.0966. The van der Waals surface area contributed by atoms with Gasteiger partial charge in [-0.25, -0.2) is 0 Å². The Morgan fingerprint density at radius 1 is 1.23 bits per heavy atom. The van der Waals surface area contributed by atoms with Gasteiger partial charge in [0.2, 0.25) is 0 Å². The van der Waals surface area contributed by atoms with Crippen molar-refractivity contribution in [1.82, 2.24) is 5.32 Å². The Morgan fingerprint density at radius 2 is 1.77 bits per heavy atom. The first kappa shape index (κ1) is 20.0. The topological polar surface area (TPSA) is 55.1 Å². The van der Waals surface area contributed by atoms with E-state index in [0.717, 1.165) is 6.42 Å². The summed E-state index contributed by atoms with van der Waals surface area (Å²) in [6, 6.07) is 7.67. The Balaban J connectivity index is 0.00000211. The average Bonchev–Trinajstić information content (AvgIpc) is 2.55. The van der Waals surface area contributed by atoms with Gasteiger partial charge in [-0.3, -0.25) is 4.79 Å². The molecule has 3 heteroatoms. The molecule has 1 aromatic carbocycles. The van der Waals surface area contributed by atoms with Gasteiger partial charge in [-0.2, -0.15) is 0 Å². The van der Waals surface area contributed by atoms with Crippen LogP contribution in [-0.2, 0) is 0 Å². The number of nitrogens with two attached hydrogens (primary N) is 1. The third-order valence-electron chi connectivity index (χ3n) is 3.12. The maximum absolute atomic E-state index is 12.2. The highest BCUT2D eigenvalue weighted by Gasteiger charge is 2.09. The smallest absolute Gasteiger partial charge is 0.255 e. The van der Waals surface area contributed by atoms with Crippen LogP contribution >= 0.6 is 0 Å². The van der Waals surface area contributed by atoms with Gasteiger partial charge in [0.05, 0.1) is 11.4 Å². The molecule has 22 heavy (non-hydrogen) atoms. The molecule has 0 heterocycles. The van der Waals surface area contributed by atoms with Gasteiger partial charge < -0.3 is 11.1 Å². The van der Waals surface area contributed by atoms with E-state index in [9.17, 15) is 4.79 Å². The van der Waals surface area contributed by atoms with E-state index in [1.165, 1.54) is 5.56 Å². The van der Waals surface area contributed by atoms with Crippen molar-refractivity contribution in [2.24, 2.45) is 5.73 Å². The van der Waals surface area contributed by atoms with Crippen LogP contribution in [0.5, 0.6) is 0 Å². The molecule has 0 aliphatic heterocycles. The Kier molecular flexibility index (Phi) is 9.68. The minimum absolute atomic E-state index is 0.134. The van der Waals surface area contributed by atoms with Gasteiger partial charge in [0.1, 0.15) is 0 Å². The lowest BCUT2D eigenvalue weighted by atomic mass is 10.0. The van der Waals surface area contributed by atoms with Gasteiger partial charge in [0.15, 0.2) is 0 Å². The number of carbonyl (C=O) groups excluding carboxylic acids is 1. The maximum Gasteiger partial charge on any atom is 0.255 e. The van der Waals surface area contributed by atoms with E-state index in [2.05, 4.69) is 19.2 Å². The van der Waals surface area contributed by atoms with Crippen LogP contribution in [0.25, 0.3) is 0 Å². The highest BCUT2D eigenvalue weighted by Crippen LogP contribution is 2.15. The first-order valence-electron chi connectivity index (χ1n) is 8.03. The van der Waals surface area contributed by atoms with Crippen molar-refractivity contribution >= 4 is 5.91 Å². The fourth-order valence-corrected chi connectivity index (χ4v) is 1.81. The number of benzene rings is 1. The molecule has 1 amide bonds. The predicted molar refractivity (Wildman–Crippen MR) is 95.7 cm³/mol. The van der Waals surface area contributed by atoms with E-state index in [4.69, 9.17) is 5.73 Å². The van der Waals surface area contributed by atoms with Gasteiger partial charge in [0, 0.05) is 5.56 Å². The molecule has 0 saturated carbocycles. The summed E-state index contributed by atoms with van der Waals surface area (Å²) >= 11 is 0. The van der Waals surface area contributed by atoms with Gasteiger partial charge in [-0.05, 0) is 37.0 Å². The molecule has 1 aromatic rings. The number of rotatable bonds is 5. The van der Waals surface area contributed by atoms with Crippen LogP contribution in [0.2, 0.25) is 0 Å². The normalized spacial score (nSPS) is 11.8. The molecule has 0 radical (unpaired) electrons. The molecule has 3 N–H and O–H groups in total. The Labute approximate surface area is 135 Å². The number of carbonyl (C=O) groups is 1. The van der Waals surface area contributed by atoms with Gasteiger partial charge in [0.25, 0.3) is 5.91 Å². The van der Waals surface area contributed by atoms with Crippen molar-refractivity contribution in [1.29, 1.82) is 0 Å². The predicted octanol–water partition coefficient (Wildman–Crippen LogP) is 4.72. The number of allylic oxidation sites excluding steroid dienone is 2. The van der Waals surface area contributed by atoms with Gasteiger partial charge in [-0.15, -0.1) is 0 Å². The molecule has 0 saturated heterocycles. The minimum Gasteiger partial charge on any atom is -0.397 e. The molecular weight excluding hydrogens is 272 g/mol. The van der Waals surface area contributed by atoms with Crippen LogP contribution in [0.4, 0.5) is 0 Å². The third-order valence-corrected chi connectivity index (χ3v) is 3.12. The molecule has 0 spiro atoms. The van der Waals surface area contributed by atoms with Crippen LogP contribution in [0, 0.1) is 0 Å². The highest BCUT2D eigenvalue weighted by molar-refractivity contribution is 5.95. The number of hydrogen-bond acceptors (Lipinski definition) is 2. The average molecular weight is 302 g/mol. The zero-order valence-electron chi connectivity index (χ0n) is 14.7. The zero-order chi connectivity index (χ0) is 17.1. The summed E-state index contributed by atoms with van der Waals surface area (Å²) < 4.78 is 0. The zero-order valence-corrected chi connectivity index (χ0v) is 14.7. The monoisotopic (exact) mass is 302 g/mol. The maximum atomic E-state index is 12.2. The summed E-state index contributed by atoms with van der Waals surface area (Å²) in [6.45, 7) is 12.1. The van der Waals surface area contributed by atoms with Gasteiger partial charge in [-0.1, -0.05) is 58.9 Å². The van der Waals surface area contributed by atoms with E-state index in [1.54, 1.807) is 6.08 Å². The SMILES string of the molecule is C/C=C(N)\C(=C/CC)NC(=O)c1ccc(C(C)C)cc1.CC. The lowest BCUT2D eigenvalue weighted by Crippen LogP contribution is -2.26. The summed E-state index contributed by atoms with van der Waals surface area (Å²) in [6.07, 6.45) is 4.51. The van der Waals surface area contributed by atoms with Crippen LogP contribution < -0.4 is 11.1 Å². The number of amides is 1. The van der Waals surface area contributed by atoms with Crippen molar-refractivity contribution in [2.75, 3.05) is 0 Å². The summed E-state index contributed by atoms with van der Waals surface area (Å²) in [5.41, 5.74) is 8.99. The lowest BCUT2D eigenvalue weighted by Gasteiger charge is -2.11. The molecule has 0 unspecified atom stereocenters. The summed E-state index contributed by atoms with van der Waals surface area (Å²) in [7, 11) is 0. The standard InChI is InChI=1S/C17H24N2O.C2H6/c1-5-7-16(15(18)6-2)19-17(20)14-10-8-13(9-11-14)12(3)4;1-2/h6-12H,5,18H2,1-4H3,(H,19,20);1-2H3/b15-6+,16-7+;. The molecule has 0 aliphatic rings. The van der Waals surface area contributed by atoms with Crippen LogP contribution in [0.3, 0.4) is 0 Å². The summed E-state index contributed by atoms with van der Waals surface area (Å²) in [4.78, 5) is 12.2. The molecule has 0 atom stereocenters. The summed E-state index contributed by atoms with van der Waals surface area (Å²) in [5, 5.41) is 2.86. The third kappa shape index (κ3) is 6.17. The van der Waals surface area contributed by atoms with E-state index < -0.39 is 0 Å². The first-order chi connectivity index (χ1) is 10.5. The van der Waals surface area contributed by atoms with Crippen LogP contribution in [-0.4, -0.2) is 5.91 Å². The Bertz CT molecular complexity index is 511. The second kappa shape index (κ2) is 10.7. The second-order valence-electron chi connectivity index (χ2n) is 5.00. The molecule has 3 nitrogen and oxygen atoms in total. The molecule has 122 valence electrons. The van der Waals surface area contributed by atoms with E-state index in [1.807, 2.05) is 58.0 Å². The van der Waals surface area contributed by atoms with E-state index in [-0.39, 0.29) is 5.91 Å². The molecule has 0 fully saturated rings. The molecule has 0 aliphatic carbocycles. The van der Waals surface area contributed by atoms with Gasteiger partial charge >= 0.3 is 0 Å². The molecular formula is C19H30N2O. The van der Waals surface area contributed by atoms with Crippen molar-refractivity contribution in [3.63, 3.8) is 0 Å². The fraction of sp³-hybridized carbons (Fsp3) is 0.421. The Morgan fingerprint density at radius 3 is 2.18 bits per heavy atom. The Hall–Kier alpha value is -2.03. The summed E-state index contributed by atoms with van der Waals surface area (Å²) in [5.74, 6) is 0.325. The van der Waals surface area contributed by atoms with Crippen molar-refractivity contribution in [2.45, 2.75) is 53.9 Å². The van der Waals surface area contributed by atoms with Crippen molar-refractivity contribution < 1.29 is 4.79 Å². The molecule has 1 rings (SSSR count). The highest BCUT2D eigenvalue weighted by atomic mass is 16.1. The number of hydrogen-bond donors (Lipinski definition) is 2. The minimum atomic E-state index is -0.134. The van der Waals surface area contributed by atoms with E-state index >= 15 is 0 Å².